The van der Waals surface area contributed by atoms with Crippen molar-refractivity contribution in [2.75, 3.05) is 26.3 Å². The summed E-state index contributed by atoms with van der Waals surface area (Å²) < 4.78 is 25.0. The summed E-state index contributed by atoms with van der Waals surface area (Å²) in [5, 5.41) is 15.1. The molecular weight excluding hydrogens is 585 g/mol. The molecule has 42 heavy (non-hydrogen) atoms. The number of likely N-dealkylation sites (tertiary alicyclic amines) is 1. The lowest BCUT2D eigenvalue weighted by molar-refractivity contribution is -0.152. The highest BCUT2D eigenvalue weighted by atomic mass is 35.5. The summed E-state index contributed by atoms with van der Waals surface area (Å²) >= 11 is 7.52. The monoisotopic (exact) mass is 613 g/mol. The molecule has 3 heterocycles. The van der Waals surface area contributed by atoms with E-state index in [4.69, 9.17) is 32.2 Å². The lowest BCUT2D eigenvalue weighted by Crippen LogP contribution is -2.49. The second-order valence-corrected chi connectivity index (χ2v) is 11.5. The largest absolute Gasteiger partial charge is 0.384 e. The van der Waals surface area contributed by atoms with E-state index in [9.17, 15) is 18.8 Å². The van der Waals surface area contributed by atoms with Crippen molar-refractivity contribution in [3.05, 3.63) is 80.8 Å². The van der Waals surface area contributed by atoms with E-state index in [1.54, 1.807) is 41.8 Å². The molecule has 220 valence electrons. The number of nitrogens with zero attached hydrogens (tertiary/aromatic N) is 1. The minimum Gasteiger partial charge on any atom is -0.384 e. The highest BCUT2D eigenvalue weighted by Gasteiger charge is 2.52. The normalized spacial score (nSPS) is 18.2. The number of nitrogen functional groups attached to an aromatic ring is 1. The Morgan fingerprint density at radius 3 is 2.52 bits per heavy atom. The molecule has 0 saturated carbocycles. The topological polar surface area (TPSA) is 147 Å². The third-order valence-corrected chi connectivity index (χ3v) is 8.66. The molecular formula is C29H29ClFN5O5S. The van der Waals surface area contributed by atoms with Crippen molar-refractivity contribution in [1.29, 1.82) is 5.41 Å². The van der Waals surface area contributed by atoms with Crippen molar-refractivity contribution >= 4 is 46.5 Å². The molecule has 0 aliphatic carbocycles. The molecule has 5 N–H and O–H groups in total. The minimum atomic E-state index is -1.08. The Morgan fingerprint density at radius 2 is 1.88 bits per heavy atom. The molecule has 2 saturated heterocycles. The maximum Gasteiger partial charge on any atom is 0.251 e. The zero-order valence-electron chi connectivity index (χ0n) is 22.6. The fraction of sp³-hybridized carbons (Fsp3) is 0.310. The van der Waals surface area contributed by atoms with Crippen molar-refractivity contribution in [2.45, 2.75) is 31.2 Å². The molecule has 1 unspecified atom stereocenters. The molecule has 1 spiro atoms. The van der Waals surface area contributed by atoms with E-state index in [2.05, 4.69) is 10.6 Å². The first-order chi connectivity index (χ1) is 20.0. The molecule has 2 aromatic carbocycles. The zero-order chi connectivity index (χ0) is 30.0. The van der Waals surface area contributed by atoms with E-state index in [1.165, 1.54) is 28.4 Å². The number of thiophene rings is 1. The first kappa shape index (κ1) is 29.6. The van der Waals surface area contributed by atoms with Crippen molar-refractivity contribution in [1.82, 2.24) is 15.5 Å². The second-order valence-electron chi connectivity index (χ2n) is 10.1. The first-order valence-electron chi connectivity index (χ1n) is 13.2. The van der Waals surface area contributed by atoms with E-state index in [0.717, 1.165) is 4.88 Å². The number of carbonyl (C=O) groups is 3. The van der Waals surface area contributed by atoms with Gasteiger partial charge in [0.15, 0.2) is 5.79 Å². The number of rotatable bonds is 8. The summed E-state index contributed by atoms with van der Waals surface area (Å²) in [5.41, 5.74) is 7.77. The van der Waals surface area contributed by atoms with Gasteiger partial charge in [0, 0.05) is 33.4 Å². The molecule has 13 heteroatoms. The number of carbonyl (C=O) groups excluding carboxylic acids is 3. The average Bonchev–Trinajstić information content (AvgIpc) is 3.72. The highest BCUT2D eigenvalue weighted by molar-refractivity contribution is 7.10. The summed E-state index contributed by atoms with van der Waals surface area (Å²) in [4.78, 5) is 41.7. The minimum absolute atomic E-state index is 0.0504. The van der Waals surface area contributed by atoms with Crippen LogP contribution in [0.25, 0.3) is 11.1 Å². The SMILES string of the molecule is CC(NC(=O)[C@@H]1CC2(CN1C(=O)CNC(=O)c1ccc(-c3ccc(F)cc3Cl)cc1)OCCO2)c1cc(C(=N)N)cs1. The van der Waals surface area contributed by atoms with Crippen molar-refractivity contribution in [2.24, 2.45) is 5.73 Å². The van der Waals surface area contributed by atoms with Gasteiger partial charge in [-0.25, -0.2) is 4.39 Å². The van der Waals surface area contributed by atoms with Crippen LogP contribution in [0, 0.1) is 11.2 Å². The number of hydrogen-bond donors (Lipinski definition) is 4. The molecule has 2 aliphatic rings. The number of amides is 3. The molecule has 0 bridgehead atoms. The summed E-state index contributed by atoms with van der Waals surface area (Å²) in [7, 11) is 0. The van der Waals surface area contributed by atoms with Crippen LogP contribution in [0.3, 0.4) is 0 Å². The molecule has 2 aliphatic heterocycles. The van der Waals surface area contributed by atoms with Gasteiger partial charge in [0.05, 0.1) is 37.4 Å². The smallest absolute Gasteiger partial charge is 0.251 e. The van der Waals surface area contributed by atoms with Crippen LogP contribution < -0.4 is 16.4 Å². The zero-order valence-corrected chi connectivity index (χ0v) is 24.2. The van der Waals surface area contributed by atoms with E-state index < -0.39 is 29.5 Å². The maximum absolute atomic E-state index is 13.4. The molecule has 1 aromatic heterocycles. The molecule has 3 amide bonds. The van der Waals surface area contributed by atoms with Crippen molar-refractivity contribution < 1.29 is 28.2 Å². The Bertz CT molecular complexity index is 1520. The van der Waals surface area contributed by atoms with Crippen molar-refractivity contribution in [3.63, 3.8) is 0 Å². The Kier molecular flexibility index (Phi) is 8.60. The summed E-state index contributed by atoms with van der Waals surface area (Å²) in [6.45, 7) is 2.22. The first-order valence-corrected chi connectivity index (χ1v) is 14.5. The van der Waals surface area contributed by atoms with Crippen molar-refractivity contribution in [3.8, 4) is 11.1 Å². The van der Waals surface area contributed by atoms with Gasteiger partial charge in [-0.1, -0.05) is 23.7 Å². The van der Waals surface area contributed by atoms with Gasteiger partial charge in [-0.05, 0) is 48.9 Å². The Balaban J connectivity index is 1.23. The number of halogens is 2. The fourth-order valence-electron chi connectivity index (χ4n) is 5.03. The van der Waals surface area contributed by atoms with Gasteiger partial charge < -0.3 is 30.7 Å². The number of nitrogens with two attached hydrogens (primary N) is 1. The fourth-order valence-corrected chi connectivity index (χ4v) is 6.22. The van der Waals surface area contributed by atoms with E-state index >= 15 is 0 Å². The van der Waals surface area contributed by atoms with Crippen LogP contribution in [-0.4, -0.2) is 66.6 Å². The van der Waals surface area contributed by atoms with Crippen LogP contribution in [0.2, 0.25) is 5.02 Å². The molecule has 2 fully saturated rings. The standard InChI is InChI=1S/C29H29ClFN5O5S/c1-16(24-10-19(14-42-24)26(32)33)35-28(39)23-12-29(40-8-9-41-29)15-36(23)25(37)13-34-27(38)18-4-2-17(3-5-18)21-7-6-20(31)11-22(21)30/h2-7,10-11,14,16,23H,8-9,12-13,15H2,1H3,(H3,32,33)(H,34,38)(H,35,39)/t16?,23-/m0/s1. The number of nitrogens with one attached hydrogen (secondary N) is 3. The van der Waals surface area contributed by atoms with Crippen LogP contribution in [0.5, 0.6) is 0 Å². The van der Waals surface area contributed by atoms with Crippen LogP contribution in [0.4, 0.5) is 4.39 Å². The Hall–Kier alpha value is -3.84. The van der Waals surface area contributed by atoms with Gasteiger partial charge >= 0.3 is 0 Å². The van der Waals surface area contributed by atoms with Gasteiger partial charge in [-0.15, -0.1) is 11.3 Å². The molecule has 5 rings (SSSR count). The number of amidine groups is 1. The Labute approximate surface area is 250 Å². The molecule has 10 nitrogen and oxygen atoms in total. The molecule has 3 aromatic rings. The van der Waals surface area contributed by atoms with Crippen LogP contribution in [0.15, 0.2) is 53.9 Å². The maximum atomic E-state index is 13.4. The Morgan fingerprint density at radius 1 is 1.17 bits per heavy atom. The van der Waals surface area contributed by atoms with Crippen LogP contribution in [0.1, 0.15) is 40.2 Å². The van der Waals surface area contributed by atoms with Gasteiger partial charge in [-0.2, -0.15) is 0 Å². The summed E-state index contributed by atoms with van der Waals surface area (Å²) in [6, 6.07) is 11.1. The molecule has 0 radical (unpaired) electrons. The van der Waals surface area contributed by atoms with Gasteiger partial charge in [0.25, 0.3) is 5.91 Å². The predicted molar refractivity (Wildman–Crippen MR) is 156 cm³/mol. The quantitative estimate of drug-likeness (QED) is 0.226. The van der Waals surface area contributed by atoms with E-state index in [-0.39, 0.29) is 42.3 Å². The number of benzene rings is 2. The van der Waals surface area contributed by atoms with E-state index in [0.29, 0.717) is 35.5 Å². The average molecular weight is 614 g/mol. The number of ether oxygens (including phenoxy) is 2. The number of hydrogen-bond acceptors (Lipinski definition) is 7. The van der Waals surface area contributed by atoms with Gasteiger partial charge in [0.2, 0.25) is 11.8 Å². The molecule has 2 atom stereocenters. The highest BCUT2D eigenvalue weighted by Crippen LogP contribution is 2.35. The third-order valence-electron chi connectivity index (χ3n) is 7.23. The van der Waals surface area contributed by atoms with Gasteiger partial charge in [-0.3, -0.25) is 19.8 Å². The third kappa shape index (κ3) is 6.31. The lowest BCUT2D eigenvalue weighted by Gasteiger charge is -2.25. The van der Waals surface area contributed by atoms with Crippen LogP contribution in [-0.2, 0) is 19.1 Å². The lowest BCUT2D eigenvalue weighted by atomic mass is 10.0. The summed E-state index contributed by atoms with van der Waals surface area (Å²) in [5.74, 6) is -2.90. The van der Waals surface area contributed by atoms with Gasteiger partial charge in [0.1, 0.15) is 17.7 Å². The second kappa shape index (κ2) is 12.2. The van der Waals surface area contributed by atoms with Crippen LogP contribution >= 0.6 is 22.9 Å². The predicted octanol–water partition coefficient (Wildman–Crippen LogP) is 3.44. The summed E-state index contributed by atoms with van der Waals surface area (Å²) in [6.07, 6.45) is 0.155. The van der Waals surface area contributed by atoms with E-state index in [1.807, 2.05) is 6.92 Å².